The Balaban J connectivity index is 1.91. The van der Waals surface area contributed by atoms with Crippen LogP contribution in [-0.4, -0.2) is 31.4 Å². The van der Waals surface area contributed by atoms with Crippen molar-refractivity contribution in [2.75, 3.05) is 0 Å². The number of halogens is 1. The molecule has 0 saturated carbocycles. The molecule has 0 spiro atoms. The molecule has 1 unspecified atom stereocenters. The van der Waals surface area contributed by atoms with Crippen LogP contribution in [-0.2, 0) is 0 Å². The van der Waals surface area contributed by atoms with Crippen LogP contribution in [0.3, 0.4) is 0 Å². The fourth-order valence-corrected chi connectivity index (χ4v) is 2.89. The lowest BCUT2D eigenvalue weighted by atomic mass is 9.94. The number of aliphatic imine (C=N–C) groups is 1. The third-order valence-corrected chi connectivity index (χ3v) is 4.10. The van der Waals surface area contributed by atoms with Crippen LogP contribution < -0.4 is 0 Å². The summed E-state index contributed by atoms with van der Waals surface area (Å²) >= 11 is 5.99. The first-order chi connectivity index (χ1) is 11.8. The normalized spacial score (nSPS) is 18.3. The van der Waals surface area contributed by atoms with Gasteiger partial charge in [-0.3, -0.25) is 0 Å². The molecule has 24 heavy (non-hydrogen) atoms. The average molecular weight is 338 g/mol. The van der Waals surface area contributed by atoms with Crippen molar-refractivity contribution in [1.29, 1.82) is 0 Å². The molecule has 6 nitrogen and oxygen atoms in total. The number of hydrogen-bond acceptors (Lipinski definition) is 5. The van der Waals surface area contributed by atoms with Crippen LogP contribution in [0.5, 0.6) is 0 Å². The third-order valence-electron chi connectivity index (χ3n) is 3.85. The fourth-order valence-electron chi connectivity index (χ4n) is 2.76. The summed E-state index contributed by atoms with van der Waals surface area (Å²) in [7, 11) is 0. The molecule has 0 amide bonds. The molecule has 0 fully saturated rings. The van der Waals surface area contributed by atoms with Gasteiger partial charge in [-0.15, -0.1) is 0 Å². The van der Waals surface area contributed by atoms with E-state index < -0.39 is 6.04 Å². The molecule has 2 aromatic carbocycles. The molecule has 1 N–H and O–H groups in total. The van der Waals surface area contributed by atoms with E-state index >= 15 is 0 Å². The second-order valence-electron chi connectivity index (χ2n) is 5.27. The molecule has 1 aliphatic rings. The Kier molecular flexibility index (Phi) is 3.59. The number of oxime groups is 1. The molecule has 0 radical (unpaired) electrons. The quantitative estimate of drug-likeness (QED) is 0.574. The maximum atomic E-state index is 9.69. The van der Waals surface area contributed by atoms with Crippen molar-refractivity contribution >= 4 is 29.0 Å². The molecule has 3 aromatic rings. The monoisotopic (exact) mass is 337 g/mol. The highest BCUT2D eigenvalue weighted by Crippen LogP contribution is 2.31. The Morgan fingerprint density at radius 2 is 1.79 bits per heavy atom. The highest BCUT2D eigenvalue weighted by Gasteiger charge is 2.33. The Morgan fingerprint density at radius 1 is 1.04 bits per heavy atom. The predicted octanol–water partition coefficient (Wildman–Crippen LogP) is 3.49. The molecule has 0 aliphatic carbocycles. The van der Waals surface area contributed by atoms with Crippen molar-refractivity contribution in [2.45, 2.75) is 6.04 Å². The van der Waals surface area contributed by atoms with E-state index in [2.05, 4.69) is 20.2 Å². The number of benzene rings is 2. The lowest BCUT2D eigenvalue weighted by Gasteiger charge is -2.24. The zero-order chi connectivity index (χ0) is 16.5. The van der Waals surface area contributed by atoms with Crippen LogP contribution in [0.25, 0.3) is 0 Å². The van der Waals surface area contributed by atoms with E-state index in [4.69, 9.17) is 11.6 Å². The van der Waals surface area contributed by atoms with E-state index in [1.54, 1.807) is 16.8 Å². The minimum Gasteiger partial charge on any atom is -0.411 e. The molecule has 1 atom stereocenters. The minimum atomic E-state index is -0.433. The first kappa shape index (κ1) is 14.6. The van der Waals surface area contributed by atoms with Crippen molar-refractivity contribution in [3.8, 4) is 0 Å². The molecule has 1 aromatic heterocycles. The summed E-state index contributed by atoms with van der Waals surface area (Å²) in [6, 6.07) is 16.4. The molecule has 2 heterocycles. The van der Waals surface area contributed by atoms with Gasteiger partial charge in [-0.1, -0.05) is 59.2 Å². The lowest BCUT2D eigenvalue weighted by molar-refractivity contribution is 0.316. The summed E-state index contributed by atoms with van der Waals surface area (Å²) in [4.78, 5) is 8.71. The summed E-state index contributed by atoms with van der Waals surface area (Å²) in [6.07, 6.45) is 1.44. The Bertz CT molecular complexity index is 931. The number of hydrogen-bond donors (Lipinski definition) is 1. The Morgan fingerprint density at radius 3 is 2.50 bits per heavy atom. The van der Waals surface area contributed by atoms with Gasteiger partial charge in [0.05, 0.1) is 0 Å². The maximum Gasteiger partial charge on any atom is 0.249 e. The summed E-state index contributed by atoms with van der Waals surface area (Å²) in [5.74, 6) is 0.459. The van der Waals surface area contributed by atoms with Gasteiger partial charge in [-0.05, 0) is 17.7 Å². The van der Waals surface area contributed by atoms with Gasteiger partial charge in [-0.25, -0.2) is 9.67 Å². The van der Waals surface area contributed by atoms with E-state index in [0.717, 1.165) is 11.1 Å². The van der Waals surface area contributed by atoms with Gasteiger partial charge < -0.3 is 5.21 Å². The van der Waals surface area contributed by atoms with Gasteiger partial charge in [-0.2, -0.15) is 10.1 Å². The van der Waals surface area contributed by atoms with Crippen molar-refractivity contribution in [2.24, 2.45) is 10.1 Å². The largest absolute Gasteiger partial charge is 0.411 e. The number of rotatable bonds is 2. The SMILES string of the molecule is ON=C1C(c2ccccc2)=Nc2ncnn2C1c1ccc(Cl)cc1. The van der Waals surface area contributed by atoms with Crippen LogP contribution in [0.15, 0.2) is 71.1 Å². The average Bonchev–Trinajstić information content (AvgIpc) is 3.10. The summed E-state index contributed by atoms with van der Waals surface area (Å²) in [5.41, 5.74) is 2.70. The van der Waals surface area contributed by atoms with Crippen molar-refractivity contribution in [1.82, 2.24) is 14.8 Å². The minimum absolute atomic E-state index is 0.404. The van der Waals surface area contributed by atoms with Gasteiger partial charge in [0.15, 0.2) is 0 Å². The first-order valence-corrected chi connectivity index (χ1v) is 7.67. The van der Waals surface area contributed by atoms with Crippen LogP contribution in [0.1, 0.15) is 17.2 Å². The van der Waals surface area contributed by atoms with Crippen LogP contribution in [0.2, 0.25) is 5.02 Å². The topological polar surface area (TPSA) is 75.7 Å². The summed E-state index contributed by atoms with van der Waals surface area (Å²) < 4.78 is 1.63. The van der Waals surface area contributed by atoms with Crippen molar-refractivity contribution in [3.63, 3.8) is 0 Å². The van der Waals surface area contributed by atoms with Gasteiger partial charge in [0.25, 0.3) is 0 Å². The highest BCUT2D eigenvalue weighted by atomic mass is 35.5. The molecule has 0 bridgehead atoms. The maximum absolute atomic E-state index is 9.69. The standard InChI is InChI=1S/C17H12ClN5O/c18-13-8-6-12(7-9-13)16-15(22-24)14(11-4-2-1-3-5-11)21-17-19-10-20-23(16)17/h1-10,16,24H. The van der Waals surface area contributed by atoms with E-state index in [-0.39, 0.29) is 0 Å². The number of aromatic nitrogens is 3. The lowest BCUT2D eigenvalue weighted by Crippen LogP contribution is -2.32. The van der Waals surface area contributed by atoms with E-state index in [1.165, 1.54) is 6.33 Å². The van der Waals surface area contributed by atoms with Gasteiger partial charge in [0.1, 0.15) is 23.8 Å². The zero-order valence-electron chi connectivity index (χ0n) is 12.4. The molecule has 1 aliphatic heterocycles. The van der Waals surface area contributed by atoms with Crippen LogP contribution in [0.4, 0.5) is 5.95 Å². The van der Waals surface area contributed by atoms with E-state index in [1.807, 2.05) is 42.5 Å². The van der Waals surface area contributed by atoms with E-state index in [9.17, 15) is 5.21 Å². The summed E-state index contributed by atoms with van der Waals surface area (Å²) in [6.45, 7) is 0. The van der Waals surface area contributed by atoms with Gasteiger partial charge >= 0.3 is 0 Å². The second kappa shape index (κ2) is 5.90. The van der Waals surface area contributed by atoms with Crippen molar-refractivity contribution in [3.05, 3.63) is 77.1 Å². The molecule has 7 heteroatoms. The van der Waals surface area contributed by atoms with E-state index in [0.29, 0.717) is 22.4 Å². The molecular weight excluding hydrogens is 326 g/mol. The van der Waals surface area contributed by atoms with Gasteiger partial charge in [0, 0.05) is 10.6 Å². The number of fused-ring (bicyclic) bond motifs is 1. The smallest absolute Gasteiger partial charge is 0.249 e. The second-order valence-corrected chi connectivity index (χ2v) is 5.71. The molecule has 118 valence electrons. The fraction of sp³-hybridized carbons (Fsp3) is 0.0588. The first-order valence-electron chi connectivity index (χ1n) is 7.29. The Hall–Kier alpha value is -2.99. The third kappa shape index (κ3) is 2.37. The highest BCUT2D eigenvalue weighted by molar-refractivity contribution is 6.50. The molecular formula is C17H12ClN5O. The van der Waals surface area contributed by atoms with Crippen LogP contribution in [0, 0.1) is 0 Å². The van der Waals surface area contributed by atoms with Crippen molar-refractivity contribution < 1.29 is 5.21 Å². The number of nitrogens with zero attached hydrogens (tertiary/aromatic N) is 5. The molecule has 4 rings (SSSR count). The summed E-state index contributed by atoms with van der Waals surface area (Å²) in [5, 5.41) is 18.1. The Labute approximate surface area is 142 Å². The molecule has 0 saturated heterocycles. The zero-order valence-corrected chi connectivity index (χ0v) is 13.2. The van der Waals surface area contributed by atoms with Crippen LogP contribution >= 0.6 is 11.6 Å². The predicted molar refractivity (Wildman–Crippen MR) is 91.5 cm³/mol. The van der Waals surface area contributed by atoms with Gasteiger partial charge in [0.2, 0.25) is 5.95 Å².